The molecule has 2 rings (SSSR count). The first-order valence-corrected chi connectivity index (χ1v) is 6.99. The number of ketones is 1. The molecule has 2 aromatic rings. The van der Waals surface area contributed by atoms with Crippen LogP contribution >= 0.6 is 0 Å². The summed E-state index contributed by atoms with van der Waals surface area (Å²) in [6.07, 6.45) is 6.30. The van der Waals surface area contributed by atoms with Crippen molar-refractivity contribution in [2.75, 3.05) is 0 Å². The topological polar surface area (TPSA) is 34.9 Å². The molecule has 0 saturated carbocycles. The summed E-state index contributed by atoms with van der Waals surface area (Å²) in [6.45, 7) is 6.77. The highest BCUT2D eigenvalue weighted by Gasteiger charge is 2.09. The molecular weight excluding hydrogens is 248 g/mol. The van der Waals surface area contributed by atoms with Crippen molar-refractivity contribution in [1.82, 2.24) is 9.78 Å². The van der Waals surface area contributed by atoms with Gasteiger partial charge in [-0.2, -0.15) is 5.10 Å². The minimum absolute atomic E-state index is 0.00164. The largest absolute Gasteiger partial charge is 0.289 e. The Morgan fingerprint density at radius 3 is 2.50 bits per heavy atom. The van der Waals surface area contributed by atoms with Crippen molar-refractivity contribution in [1.29, 1.82) is 0 Å². The fraction of sp³-hybridized carbons (Fsp3) is 0.294. The van der Waals surface area contributed by atoms with Crippen LogP contribution in [0.3, 0.4) is 0 Å². The van der Waals surface area contributed by atoms with E-state index in [1.807, 2.05) is 38.3 Å². The monoisotopic (exact) mass is 268 g/mol. The van der Waals surface area contributed by atoms with Crippen molar-refractivity contribution in [3.63, 3.8) is 0 Å². The lowest BCUT2D eigenvalue weighted by Gasteiger charge is -1.97. The zero-order chi connectivity index (χ0) is 14.5. The quantitative estimate of drug-likeness (QED) is 0.612. The van der Waals surface area contributed by atoms with Crippen LogP contribution in [0.15, 0.2) is 36.5 Å². The number of carbonyl (C=O) groups excluding carboxylic acids is 1. The van der Waals surface area contributed by atoms with Crippen LogP contribution in [0.2, 0.25) is 0 Å². The molecule has 0 atom stereocenters. The van der Waals surface area contributed by atoms with Gasteiger partial charge in [0.1, 0.15) is 0 Å². The van der Waals surface area contributed by atoms with Crippen molar-refractivity contribution in [2.24, 2.45) is 0 Å². The number of aryl methyl sites for hydroxylation is 3. The molecule has 3 nitrogen and oxygen atoms in total. The summed E-state index contributed by atoms with van der Waals surface area (Å²) in [5.41, 5.74) is 3.79. The van der Waals surface area contributed by atoms with Gasteiger partial charge >= 0.3 is 0 Å². The SMILES string of the molecule is CCc1ccc(/C=C/C(=O)c2cn(CC)nc2C)cc1. The van der Waals surface area contributed by atoms with Gasteiger partial charge in [0.05, 0.1) is 11.3 Å². The third-order valence-corrected chi connectivity index (χ3v) is 3.35. The highest BCUT2D eigenvalue weighted by molar-refractivity contribution is 6.07. The number of nitrogens with zero attached hydrogens (tertiary/aromatic N) is 2. The fourth-order valence-corrected chi connectivity index (χ4v) is 2.05. The molecule has 3 heteroatoms. The van der Waals surface area contributed by atoms with Crippen LogP contribution in [0, 0.1) is 6.92 Å². The minimum atomic E-state index is 0.00164. The molecule has 20 heavy (non-hydrogen) atoms. The first-order chi connectivity index (χ1) is 9.63. The first-order valence-electron chi connectivity index (χ1n) is 6.99. The second kappa shape index (κ2) is 6.33. The maximum Gasteiger partial charge on any atom is 0.189 e. The van der Waals surface area contributed by atoms with Gasteiger partial charge in [0, 0.05) is 12.7 Å². The number of hydrogen-bond donors (Lipinski definition) is 0. The predicted octanol–water partition coefficient (Wildman–Crippen LogP) is 3.67. The first kappa shape index (κ1) is 14.3. The Kier molecular flexibility index (Phi) is 4.51. The number of aromatic nitrogens is 2. The van der Waals surface area contributed by atoms with Crippen LogP contribution in [0.1, 0.15) is 41.0 Å². The molecule has 0 aliphatic rings. The molecule has 0 aliphatic heterocycles. The minimum Gasteiger partial charge on any atom is -0.289 e. The van der Waals surface area contributed by atoms with E-state index in [2.05, 4.69) is 24.2 Å². The normalized spacial score (nSPS) is 11.2. The highest BCUT2D eigenvalue weighted by atomic mass is 16.1. The predicted molar refractivity (Wildman–Crippen MR) is 81.8 cm³/mol. The Morgan fingerprint density at radius 1 is 1.25 bits per heavy atom. The second-order valence-corrected chi connectivity index (χ2v) is 4.78. The Balaban J connectivity index is 2.13. The highest BCUT2D eigenvalue weighted by Crippen LogP contribution is 2.10. The van der Waals surface area contributed by atoms with Gasteiger partial charge in [-0.1, -0.05) is 37.3 Å². The van der Waals surface area contributed by atoms with E-state index in [1.54, 1.807) is 10.8 Å². The molecule has 1 aromatic carbocycles. The van der Waals surface area contributed by atoms with Crippen LogP contribution < -0.4 is 0 Å². The van der Waals surface area contributed by atoms with Crippen LogP contribution in [-0.4, -0.2) is 15.6 Å². The molecular formula is C17H20N2O. The lowest BCUT2D eigenvalue weighted by molar-refractivity contribution is 0.104. The number of carbonyl (C=O) groups is 1. The van der Waals surface area contributed by atoms with Gasteiger partial charge in [0.15, 0.2) is 5.78 Å². The van der Waals surface area contributed by atoms with Crippen molar-refractivity contribution >= 4 is 11.9 Å². The average Bonchev–Trinajstić information content (AvgIpc) is 2.86. The zero-order valence-electron chi connectivity index (χ0n) is 12.3. The standard InChI is InChI=1S/C17H20N2O/c1-4-14-6-8-15(9-7-14)10-11-17(20)16-12-19(5-2)18-13(16)3/h6-12H,4-5H2,1-3H3/b11-10+. The average molecular weight is 268 g/mol. The molecule has 104 valence electrons. The smallest absolute Gasteiger partial charge is 0.189 e. The van der Waals surface area contributed by atoms with Gasteiger partial charge in [-0.15, -0.1) is 0 Å². The van der Waals surface area contributed by atoms with Crippen LogP contribution in [0.4, 0.5) is 0 Å². The molecule has 0 bridgehead atoms. The Morgan fingerprint density at radius 2 is 1.95 bits per heavy atom. The number of hydrogen-bond acceptors (Lipinski definition) is 2. The summed E-state index contributed by atoms with van der Waals surface area (Å²) in [5, 5.41) is 4.29. The van der Waals surface area contributed by atoms with Crippen LogP contribution in [0.25, 0.3) is 6.08 Å². The van der Waals surface area contributed by atoms with Gasteiger partial charge in [-0.3, -0.25) is 9.48 Å². The molecule has 0 fully saturated rings. The summed E-state index contributed by atoms with van der Waals surface area (Å²) >= 11 is 0. The maximum absolute atomic E-state index is 12.2. The molecule has 0 aliphatic carbocycles. The third kappa shape index (κ3) is 3.23. The van der Waals surface area contributed by atoms with Crippen molar-refractivity contribution in [3.8, 4) is 0 Å². The van der Waals surface area contributed by atoms with Crippen molar-refractivity contribution < 1.29 is 4.79 Å². The Bertz CT molecular complexity index is 621. The van der Waals surface area contributed by atoms with Gasteiger partial charge < -0.3 is 0 Å². The van der Waals surface area contributed by atoms with E-state index < -0.39 is 0 Å². The van der Waals surface area contributed by atoms with Crippen LogP contribution in [0.5, 0.6) is 0 Å². The lowest BCUT2D eigenvalue weighted by Crippen LogP contribution is -1.94. The van der Waals surface area contributed by atoms with Gasteiger partial charge in [-0.05, 0) is 37.5 Å². The molecule has 0 radical (unpaired) electrons. The fourth-order valence-electron chi connectivity index (χ4n) is 2.05. The second-order valence-electron chi connectivity index (χ2n) is 4.78. The molecule has 0 spiro atoms. The summed E-state index contributed by atoms with van der Waals surface area (Å²) in [7, 11) is 0. The van der Waals surface area contributed by atoms with Gasteiger partial charge in [0.2, 0.25) is 0 Å². The summed E-state index contributed by atoms with van der Waals surface area (Å²) in [5.74, 6) is 0.00164. The number of benzene rings is 1. The van der Waals surface area contributed by atoms with E-state index in [0.717, 1.165) is 24.2 Å². The van der Waals surface area contributed by atoms with E-state index >= 15 is 0 Å². The lowest BCUT2D eigenvalue weighted by atomic mass is 10.1. The molecule has 1 aromatic heterocycles. The van der Waals surface area contributed by atoms with E-state index in [9.17, 15) is 4.79 Å². The molecule has 0 amide bonds. The van der Waals surface area contributed by atoms with Gasteiger partial charge in [-0.25, -0.2) is 0 Å². The van der Waals surface area contributed by atoms with Crippen LogP contribution in [-0.2, 0) is 13.0 Å². The maximum atomic E-state index is 12.2. The summed E-state index contributed by atoms with van der Waals surface area (Å²) in [6, 6.07) is 8.24. The molecule has 1 heterocycles. The van der Waals surface area contributed by atoms with E-state index in [0.29, 0.717) is 5.56 Å². The number of allylic oxidation sites excluding steroid dienone is 1. The number of rotatable bonds is 5. The summed E-state index contributed by atoms with van der Waals surface area (Å²) < 4.78 is 1.78. The summed E-state index contributed by atoms with van der Waals surface area (Å²) in [4.78, 5) is 12.2. The zero-order valence-corrected chi connectivity index (χ0v) is 12.3. The van der Waals surface area contributed by atoms with E-state index in [4.69, 9.17) is 0 Å². The Labute approximate surface area is 119 Å². The van der Waals surface area contributed by atoms with Gasteiger partial charge in [0.25, 0.3) is 0 Å². The third-order valence-electron chi connectivity index (χ3n) is 3.35. The van der Waals surface area contributed by atoms with E-state index in [-0.39, 0.29) is 5.78 Å². The molecule has 0 unspecified atom stereocenters. The molecule has 0 N–H and O–H groups in total. The van der Waals surface area contributed by atoms with E-state index in [1.165, 1.54) is 5.56 Å². The van der Waals surface area contributed by atoms with Crippen molar-refractivity contribution in [2.45, 2.75) is 33.7 Å². The molecule has 0 saturated heterocycles. The van der Waals surface area contributed by atoms with Crippen molar-refractivity contribution in [3.05, 3.63) is 58.9 Å². The Hall–Kier alpha value is -2.16.